The summed E-state index contributed by atoms with van der Waals surface area (Å²) in [5.74, 6) is -0.253. The quantitative estimate of drug-likeness (QED) is 0.904. The molecule has 0 spiro atoms. The van der Waals surface area contributed by atoms with Crippen molar-refractivity contribution in [2.75, 3.05) is 13.7 Å². The highest BCUT2D eigenvalue weighted by atomic mass is 19.1. The molecule has 2 heterocycles. The molecule has 1 fully saturated rings. The molecule has 1 aromatic carbocycles. The first-order chi connectivity index (χ1) is 11.1. The molecule has 0 bridgehead atoms. The van der Waals surface area contributed by atoms with Crippen molar-refractivity contribution in [2.24, 2.45) is 0 Å². The number of aliphatic hydroxyl groups excluding tert-OH is 1. The number of aliphatic hydroxyl groups is 1. The second-order valence-electron chi connectivity index (χ2n) is 5.54. The highest BCUT2D eigenvalue weighted by Gasteiger charge is 2.34. The number of hydrogen-bond acceptors (Lipinski definition) is 6. The van der Waals surface area contributed by atoms with Crippen molar-refractivity contribution in [3.63, 3.8) is 0 Å². The SMILES string of the molecule is COCc1nc(CN2CC(O)CC2c2cc(F)ccc2F)no1. The van der Waals surface area contributed by atoms with Gasteiger partial charge in [0.1, 0.15) is 18.2 Å². The molecule has 8 heteroatoms. The molecular formula is C15H17F2N3O3. The predicted molar refractivity (Wildman–Crippen MR) is 75.1 cm³/mol. The minimum Gasteiger partial charge on any atom is -0.392 e. The maximum Gasteiger partial charge on any atom is 0.252 e. The summed E-state index contributed by atoms with van der Waals surface area (Å²) in [4.78, 5) is 5.97. The number of aromatic nitrogens is 2. The van der Waals surface area contributed by atoms with Gasteiger partial charge < -0.3 is 14.4 Å². The number of halogens is 2. The van der Waals surface area contributed by atoms with Gasteiger partial charge in [0.15, 0.2) is 5.82 Å². The summed E-state index contributed by atoms with van der Waals surface area (Å²) in [6.45, 7) is 0.803. The summed E-state index contributed by atoms with van der Waals surface area (Å²) in [6, 6.07) is 2.89. The lowest BCUT2D eigenvalue weighted by Crippen LogP contribution is -2.25. The van der Waals surface area contributed by atoms with Gasteiger partial charge in [0.25, 0.3) is 5.89 Å². The van der Waals surface area contributed by atoms with E-state index in [1.807, 2.05) is 4.90 Å². The van der Waals surface area contributed by atoms with E-state index in [4.69, 9.17) is 9.26 Å². The Balaban J connectivity index is 1.80. The largest absolute Gasteiger partial charge is 0.392 e. The minimum absolute atomic E-state index is 0.206. The van der Waals surface area contributed by atoms with Crippen LogP contribution in [-0.2, 0) is 17.9 Å². The summed E-state index contributed by atoms with van der Waals surface area (Å²) in [7, 11) is 1.52. The Bertz CT molecular complexity index is 680. The van der Waals surface area contributed by atoms with Gasteiger partial charge >= 0.3 is 0 Å². The number of hydrogen-bond donors (Lipinski definition) is 1. The Labute approximate surface area is 131 Å². The van der Waals surface area contributed by atoms with Gasteiger partial charge in [-0.3, -0.25) is 4.90 Å². The van der Waals surface area contributed by atoms with Crippen LogP contribution in [0.25, 0.3) is 0 Å². The van der Waals surface area contributed by atoms with Crippen molar-refractivity contribution in [1.29, 1.82) is 0 Å². The van der Waals surface area contributed by atoms with Gasteiger partial charge in [-0.15, -0.1) is 0 Å². The van der Waals surface area contributed by atoms with Crippen LogP contribution in [0.15, 0.2) is 22.7 Å². The van der Waals surface area contributed by atoms with Crippen LogP contribution >= 0.6 is 0 Å². The third-order valence-electron chi connectivity index (χ3n) is 3.82. The minimum atomic E-state index is -0.618. The molecule has 0 saturated carbocycles. The Hall–Kier alpha value is -1.90. The van der Waals surface area contributed by atoms with E-state index in [0.29, 0.717) is 24.7 Å². The third kappa shape index (κ3) is 3.54. The van der Waals surface area contributed by atoms with E-state index < -0.39 is 23.8 Å². The first-order valence-corrected chi connectivity index (χ1v) is 7.24. The van der Waals surface area contributed by atoms with Crippen LogP contribution < -0.4 is 0 Å². The zero-order valence-electron chi connectivity index (χ0n) is 12.6. The van der Waals surface area contributed by atoms with E-state index in [2.05, 4.69) is 10.1 Å². The number of likely N-dealkylation sites (tertiary alicyclic amines) is 1. The lowest BCUT2D eigenvalue weighted by molar-refractivity contribution is 0.151. The van der Waals surface area contributed by atoms with Gasteiger partial charge in [0.05, 0.1) is 12.6 Å². The van der Waals surface area contributed by atoms with Gasteiger partial charge in [0, 0.05) is 25.3 Å². The number of β-amino-alcohol motifs (C(OH)–C–C–N with tert-alkyl or cyclic N) is 1. The Kier molecular flexibility index (Phi) is 4.65. The summed E-state index contributed by atoms with van der Waals surface area (Å²) < 4.78 is 37.4. The molecular weight excluding hydrogens is 308 g/mol. The normalized spacial score (nSPS) is 21.9. The second kappa shape index (κ2) is 6.69. The molecule has 0 amide bonds. The van der Waals surface area contributed by atoms with Crippen LogP contribution in [-0.4, -0.2) is 39.9 Å². The zero-order chi connectivity index (χ0) is 16.4. The fraction of sp³-hybridized carbons (Fsp3) is 0.467. The van der Waals surface area contributed by atoms with Gasteiger partial charge in [-0.05, 0) is 24.6 Å². The molecule has 124 valence electrons. The number of ether oxygens (including phenoxy) is 1. The first kappa shape index (κ1) is 16.0. The molecule has 3 rings (SSSR count). The van der Waals surface area contributed by atoms with E-state index in [0.717, 1.165) is 18.2 Å². The fourth-order valence-corrected chi connectivity index (χ4v) is 2.87. The smallest absolute Gasteiger partial charge is 0.252 e. The molecule has 1 N–H and O–H groups in total. The summed E-state index contributed by atoms with van der Waals surface area (Å²) >= 11 is 0. The summed E-state index contributed by atoms with van der Waals surface area (Å²) in [5.41, 5.74) is 0.224. The molecule has 1 aliphatic rings. The van der Waals surface area contributed by atoms with Gasteiger partial charge in [0.2, 0.25) is 0 Å². The number of methoxy groups -OCH3 is 1. The fourth-order valence-electron chi connectivity index (χ4n) is 2.87. The van der Waals surface area contributed by atoms with Crippen molar-refractivity contribution >= 4 is 0 Å². The van der Waals surface area contributed by atoms with Crippen molar-refractivity contribution in [3.05, 3.63) is 47.1 Å². The van der Waals surface area contributed by atoms with Crippen molar-refractivity contribution in [3.8, 4) is 0 Å². The number of rotatable bonds is 5. The van der Waals surface area contributed by atoms with Crippen LogP contribution in [0.1, 0.15) is 29.7 Å². The molecule has 6 nitrogen and oxygen atoms in total. The Morgan fingerprint density at radius 1 is 1.43 bits per heavy atom. The van der Waals surface area contributed by atoms with Crippen LogP contribution in [0.2, 0.25) is 0 Å². The maximum absolute atomic E-state index is 14.0. The van der Waals surface area contributed by atoms with Crippen LogP contribution in [0.5, 0.6) is 0 Å². The predicted octanol–water partition coefficient (Wildman–Crippen LogP) is 1.80. The van der Waals surface area contributed by atoms with Crippen molar-refractivity contribution in [1.82, 2.24) is 15.0 Å². The molecule has 0 radical (unpaired) electrons. The second-order valence-corrected chi connectivity index (χ2v) is 5.54. The monoisotopic (exact) mass is 325 g/mol. The first-order valence-electron chi connectivity index (χ1n) is 7.24. The molecule has 2 aromatic rings. The van der Waals surface area contributed by atoms with E-state index in [1.165, 1.54) is 7.11 Å². The zero-order valence-corrected chi connectivity index (χ0v) is 12.6. The average molecular weight is 325 g/mol. The van der Waals surface area contributed by atoms with Crippen LogP contribution in [0, 0.1) is 11.6 Å². The van der Waals surface area contributed by atoms with E-state index in [1.54, 1.807) is 0 Å². The highest BCUT2D eigenvalue weighted by Crippen LogP contribution is 2.34. The molecule has 1 aliphatic heterocycles. The summed E-state index contributed by atoms with van der Waals surface area (Å²) in [5, 5.41) is 13.8. The average Bonchev–Trinajstić information content (AvgIpc) is 3.09. The van der Waals surface area contributed by atoms with Crippen molar-refractivity contribution < 1.29 is 23.1 Å². The standard InChI is InChI=1S/C15H17F2N3O3/c1-22-8-15-18-14(19-23-15)7-20-6-10(21)5-13(20)11-4-9(16)2-3-12(11)17/h2-4,10,13,21H,5-8H2,1H3. The number of nitrogens with zero attached hydrogens (tertiary/aromatic N) is 3. The molecule has 23 heavy (non-hydrogen) atoms. The highest BCUT2D eigenvalue weighted by molar-refractivity contribution is 5.24. The van der Waals surface area contributed by atoms with Gasteiger partial charge in [-0.25, -0.2) is 8.78 Å². The van der Waals surface area contributed by atoms with E-state index in [9.17, 15) is 13.9 Å². The molecule has 1 saturated heterocycles. The van der Waals surface area contributed by atoms with E-state index >= 15 is 0 Å². The molecule has 0 aliphatic carbocycles. The molecule has 1 aromatic heterocycles. The maximum atomic E-state index is 14.0. The number of benzene rings is 1. The third-order valence-corrected chi connectivity index (χ3v) is 3.82. The van der Waals surface area contributed by atoms with E-state index in [-0.39, 0.29) is 18.7 Å². The lowest BCUT2D eigenvalue weighted by atomic mass is 10.0. The molecule has 2 unspecified atom stereocenters. The van der Waals surface area contributed by atoms with Gasteiger partial charge in [-0.2, -0.15) is 4.98 Å². The Morgan fingerprint density at radius 3 is 3.04 bits per heavy atom. The Morgan fingerprint density at radius 2 is 2.26 bits per heavy atom. The van der Waals surface area contributed by atoms with Crippen LogP contribution in [0.4, 0.5) is 8.78 Å². The van der Waals surface area contributed by atoms with Gasteiger partial charge in [-0.1, -0.05) is 5.16 Å². The van der Waals surface area contributed by atoms with Crippen molar-refractivity contribution in [2.45, 2.75) is 31.7 Å². The van der Waals surface area contributed by atoms with Crippen LogP contribution in [0.3, 0.4) is 0 Å². The summed E-state index contributed by atoms with van der Waals surface area (Å²) in [6.07, 6.45) is -0.295. The topological polar surface area (TPSA) is 71.6 Å². The lowest BCUT2D eigenvalue weighted by Gasteiger charge is -2.23. The molecule has 2 atom stereocenters.